The van der Waals surface area contributed by atoms with Gasteiger partial charge in [-0.25, -0.2) is 9.78 Å². The Morgan fingerprint density at radius 1 is 1.24 bits per heavy atom. The standard InChI is InChI=1S/C17H20N2O4S2/c1-4-22-15(20)8-14-11(3)19-17(25-14)24-10-12-6-7-18-9-13(12)16(21)23-5-2/h6-7,9H,4-5,8,10H2,1-3H3. The molecule has 0 radical (unpaired) electrons. The summed E-state index contributed by atoms with van der Waals surface area (Å²) < 4.78 is 10.9. The van der Waals surface area contributed by atoms with Crippen molar-refractivity contribution in [2.45, 2.75) is 37.3 Å². The van der Waals surface area contributed by atoms with Crippen LogP contribution in [0.15, 0.2) is 22.8 Å². The predicted molar refractivity (Wildman–Crippen MR) is 96.9 cm³/mol. The number of aryl methyl sites for hydroxylation is 1. The quantitative estimate of drug-likeness (QED) is 0.513. The first-order valence-corrected chi connectivity index (χ1v) is 9.70. The SMILES string of the molecule is CCOC(=O)Cc1sc(SCc2ccncc2C(=O)OCC)nc1C. The normalized spacial score (nSPS) is 10.5. The highest BCUT2D eigenvalue weighted by Crippen LogP contribution is 2.30. The van der Waals surface area contributed by atoms with Crippen LogP contribution in [0.3, 0.4) is 0 Å². The maximum atomic E-state index is 12.0. The number of esters is 2. The maximum absolute atomic E-state index is 12.0. The fourth-order valence-electron chi connectivity index (χ4n) is 2.05. The fourth-order valence-corrected chi connectivity index (χ4v) is 4.27. The molecule has 0 spiro atoms. The maximum Gasteiger partial charge on any atom is 0.340 e. The van der Waals surface area contributed by atoms with Gasteiger partial charge in [0.2, 0.25) is 0 Å². The Hall–Kier alpha value is -1.93. The van der Waals surface area contributed by atoms with Crippen molar-refractivity contribution < 1.29 is 19.1 Å². The Bertz CT molecular complexity index is 746. The molecule has 0 aliphatic rings. The number of pyridine rings is 1. The highest BCUT2D eigenvalue weighted by Gasteiger charge is 2.16. The van der Waals surface area contributed by atoms with Gasteiger partial charge in [0.15, 0.2) is 4.34 Å². The van der Waals surface area contributed by atoms with E-state index >= 15 is 0 Å². The van der Waals surface area contributed by atoms with E-state index in [1.165, 1.54) is 29.3 Å². The summed E-state index contributed by atoms with van der Waals surface area (Å²) in [7, 11) is 0. The third-order valence-electron chi connectivity index (χ3n) is 3.24. The Balaban J connectivity index is 2.05. The van der Waals surface area contributed by atoms with Gasteiger partial charge in [0.1, 0.15) is 0 Å². The molecule has 0 atom stereocenters. The molecule has 134 valence electrons. The first-order chi connectivity index (χ1) is 12.0. The number of carbonyl (C=O) groups excluding carboxylic acids is 2. The third-order valence-corrected chi connectivity index (χ3v) is 5.59. The first kappa shape index (κ1) is 19.4. The van der Waals surface area contributed by atoms with E-state index in [-0.39, 0.29) is 18.4 Å². The van der Waals surface area contributed by atoms with Crippen LogP contribution in [0.1, 0.15) is 40.3 Å². The lowest BCUT2D eigenvalue weighted by Gasteiger charge is -2.06. The molecule has 2 heterocycles. The van der Waals surface area contributed by atoms with Gasteiger partial charge in [-0.2, -0.15) is 0 Å². The van der Waals surface area contributed by atoms with Crippen LogP contribution in [-0.2, 0) is 26.4 Å². The molecule has 0 unspecified atom stereocenters. The van der Waals surface area contributed by atoms with Gasteiger partial charge in [-0.15, -0.1) is 11.3 Å². The van der Waals surface area contributed by atoms with E-state index in [4.69, 9.17) is 9.47 Å². The minimum atomic E-state index is -0.371. The lowest BCUT2D eigenvalue weighted by molar-refractivity contribution is -0.142. The van der Waals surface area contributed by atoms with Crippen LogP contribution in [0.25, 0.3) is 0 Å². The van der Waals surface area contributed by atoms with Gasteiger partial charge < -0.3 is 9.47 Å². The molecule has 0 bridgehead atoms. The van der Waals surface area contributed by atoms with Crippen molar-refractivity contribution in [3.05, 3.63) is 40.2 Å². The van der Waals surface area contributed by atoms with E-state index in [1.807, 2.05) is 6.92 Å². The van der Waals surface area contributed by atoms with Crippen molar-refractivity contribution in [1.29, 1.82) is 0 Å². The zero-order valence-electron chi connectivity index (χ0n) is 14.4. The topological polar surface area (TPSA) is 78.4 Å². The number of rotatable bonds is 8. The van der Waals surface area contributed by atoms with Gasteiger partial charge in [0, 0.05) is 23.0 Å². The number of nitrogens with zero attached hydrogens (tertiary/aromatic N) is 2. The Labute approximate surface area is 155 Å². The average Bonchev–Trinajstić information content (AvgIpc) is 2.93. The van der Waals surface area contributed by atoms with Gasteiger partial charge in [-0.3, -0.25) is 9.78 Å². The summed E-state index contributed by atoms with van der Waals surface area (Å²) in [5.41, 5.74) is 2.15. The highest BCUT2D eigenvalue weighted by molar-refractivity contribution is 8.00. The van der Waals surface area contributed by atoms with Crippen molar-refractivity contribution in [2.24, 2.45) is 0 Å². The van der Waals surface area contributed by atoms with Gasteiger partial charge >= 0.3 is 11.9 Å². The molecule has 8 heteroatoms. The van der Waals surface area contributed by atoms with Crippen LogP contribution < -0.4 is 0 Å². The molecule has 0 aromatic carbocycles. The summed E-state index contributed by atoms with van der Waals surface area (Å²) in [6.07, 6.45) is 3.41. The molecular weight excluding hydrogens is 360 g/mol. The van der Waals surface area contributed by atoms with Gasteiger partial charge in [0.25, 0.3) is 0 Å². The number of aromatic nitrogens is 2. The third kappa shape index (κ3) is 5.54. The molecule has 0 amide bonds. The molecule has 6 nitrogen and oxygen atoms in total. The minimum absolute atomic E-state index is 0.237. The molecule has 0 saturated heterocycles. The molecule has 0 N–H and O–H groups in total. The monoisotopic (exact) mass is 380 g/mol. The average molecular weight is 380 g/mol. The zero-order valence-corrected chi connectivity index (χ0v) is 16.0. The van der Waals surface area contributed by atoms with E-state index in [1.54, 1.807) is 26.1 Å². The number of hydrogen-bond donors (Lipinski definition) is 0. The number of carbonyl (C=O) groups is 2. The van der Waals surface area contributed by atoms with Crippen molar-refractivity contribution in [2.75, 3.05) is 13.2 Å². The lowest BCUT2D eigenvalue weighted by atomic mass is 10.2. The van der Waals surface area contributed by atoms with Crippen LogP contribution in [0, 0.1) is 6.92 Å². The van der Waals surface area contributed by atoms with E-state index in [9.17, 15) is 9.59 Å². The van der Waals surface area contributed by atoms with Crippen LogP contribution in [-0.4, -0.2) is 35.1 Å². The Kier molecular flexibility index (Phi) is 7.39. The van der Waals surface area contributed by atoms with Crippen LogP contribution >= 0.6 is 23.1 Å². The molecule has 25 heavy (non-hydrogen) atoms. The number of hydrogen-bond acceptors (Lipinski definition) is 8. The van der Waals surface area contributed by atoms with Gasteiger partial charge in [-0.05, 0) is 32.4 Å². The number of thioether (sulfide) groups is 1. The smallest absolute Gasteiger partial charge is 0.340 e. The second-order valence-corrected chi connectivity index (χ2v) is 7.32. The van der Waals surface area contributed by atoms with Crippen LogP contribution in [0.4, 0.5) is 0 Å². The van der Waals surface area contributed by atoms with Crippen molar-refractivity contribution in [1.82, 2.24) is 9.97 Å². The van der Waals surface area contributed by atoms with E-state index < -0.39 is 0 Å². The summed E-state index contributed by atoms with van der Waals surface area (Å²) in [6, 6.07) is 1.80. The van der Waals surface area contributed by atoms with Crippen molar-refractivity contribution in [3.63, 3.8) is 0 Å². The number of ether oxygens (including phenoxy) is 2. The van der Waals surface area contributed by atoms with Crippen molar-refractivity contribution >= 4 is 35.0 Å². The molecular formula is C17H20N2O4S2. The first-order valence-electron chi connectivity index (χ1n) is 7.89. The molecule has 0 aliphatic heterocycles. The second kappa shape index (κ2) is 9.53. The molecule has 0 aliphatic carbocycles. The summed E-state index contributed by atoms with van der Waals surface area (Å²) in [5, 5.41) is 0. The fraction of sp³-hybridized carbons (Fsp3) is 0.412. The van der Waals surface area contributed by atoms with Crippen molar-refractivity contribution in [3.8, 4) is 0 Å². The zero-order chi connectivity index (χ0) is 18.2. The van der Waals surface area contributed by atoms with Gasteiger partial charge in [0.05, 0.1) is 30.9 Å². The largest absolute Gasteiger partial charge is 0.466 e. The number of thiazole rings is 1. The molecule has 2 aromatic rings. The van der Waals surface area contributed by atoms with E-state index in [2.05, 4.69) is 9.97 Å². The highest BCUT2D eigenvalue weighted by atomic mass is 32.2. The molecule has 0 fully saturated rings. The second-order valence-electron chi connectivity index (χ2n) is 5.01. The predicted octanol–water partition coefficient (Wildman–Crippen LogP) is 3.42. The molecule has 2 aromatic heterocycles. The van der Waals surface area contributed by atoms with Crippen LogP contribution in [0.5, 0.6) is 0 Å². The summed E-state index contributed by atoms with van der Waals surface area (Å²) >= 11 is 3.00. The Morgan fingerprint density at radius 2 is 2.00 bits per heavy atom. The summed E-state index contributed by atoms with van der Waals surface area (Å²) in [6.45, 7) is 6.13. The molecule has 2 rings (SSSR count). The summed E-state index contributed by atoms with van der Waals surface area (Å²) in [5.74, 6) is -0.0447. The minimum Gasteiger partial charge on any atom is -0.466 e. The summed E-state index contributed by atoms with van der Waals surface area (Å²) in [4.78, 5) is 33.0. The van der Waals surface area contributed by atoms with Crippen LogP contribution in [0.2, 0.25) is 0 Å². The lowest BCUT2D eigenvalue weighted by Crippen LogP contribution is -2.08. The van der Waals surface area contributed by atoms with E-state index in [0.29, 0.717) is 24.5 Å². The van der Waals surface area contributed by atoms with E-state index in [0.717, 1.165) is 20.5 Å². The molecule has 0 saturated carbocycles. The Morgan fingerprint density at radius 3 is 2.72 bits per heavy atom. The van der Waals surface area contributed by atoms with Gasteiger partial charge in [-0.1, -0.05) is 11.8 Å².